The average Bonchev–Trinajstić information content (AvgIpc) is 3.22. The van der Waals surface area contributed by atoms with E-state index < -0.39 is 24.2 Å². The van der Waals surface area contributed by atoms with Gasteiger partial charge >= 0.3 is 0 Å². The minimum atomic E-state index is -3.33. The van der Waals surface area contributed by atoms with Crippen molar-refractivity contribution in [2.24, 2.45) is 5.92 Å². The van der Waals surface area contributed by atoms with Gasteiger partial charge in [-0.25, -0.2) is 8.78 Å². The summed E-state index contributed by atoms with van der Waals surface area (Å²) in [4.78, 5) is 43.9. The highest BCUT2D eigenvalue weighted by atomic mass is 35.5. The van der Waals surface area contributed by atoms with Gasteiger partial charge in [0.25, 0.3) is 17.7 Å². The molecule has 2 bridgehead atoms. The summed E-state index contributed by atoms with van der Waals surface area (Å²) in [6.45, 7) is 2.51. The predicted molar refractivity (Wildman–Crippen MR) is 190 cm³/mol. The molecule has 252 valence electrons. The number of fused-ring (bicyclic) bond motifs is 4. The van der Waals surface area contributed by atoms with Crippen LogP contribution in [0.15, 0.2) is 109 Å². The zero-order valence-electron chi connectivity index (χ0n) is 26.8. The van der Waals surface area contributed by atoms with Gasteiger partial charge in [-0.3, -0.25) is 14.4 Å². The Balaban J connectivity index is 0.00000417. The lowest BCUT2D eigenvalue weighted by atomic mass is 9.84. The van der Waals surface area contributed by atoms with Crippen LogP contribution < -0.4 is 15.5 Å². The number of rotatable bonds is 6. The van der Waals surface area contributed by atoms with Crippen LogP contribution in [-0.2, 0) is 4.79 Å². The number of amides is 3. The molecule has 4 aliphatic heterocycles. The molecule has 4 aromatic carbocycles. The number of benzene rings is 4. The van der Waals surface area contributed by atoms with Crippen molar-refractivity contribution in [1.29, 1.82) is 0 Å². The molecule has 3 fully saturated rings. The molecule has 8 rings (SSSR count). The first-order chi connectivity index (χ1) is 23.3. The first-order valence-corrected chi connectivity index (χ1v) is 16.4. The van der Waals surface area contributed by atoms with Gasteiger partial charge in [0.1, 0.15) is 0 Å². The van der Waals surface area contributed by atoms with Gasteiger partial charge < -0.3 is 20.4 Å². The van der Waals surface area contributed by atoms with E-state index in [0.717, 1.165) is 49.7 Å². The van der Waals surface area contributed by atoms with Crippen molar-refractivity contribution in [3.8, 4) is 11.1 Å². The number of anilines is 2. The summed E-state index contributed by atoms with van der Waals surface area (Å²) in [6, 6.07) is 29.8. The van der Waals surface area contributed by atoms with Crippen molar-refractivity contribution in [2.45, 2.75) is 31.2 Å². The number of para-hydroxylation sites is 1. The maximum atomic E-state index is 15.8. The van der Waals surface area contributed by atoms with Gasteiger partial charge in [0.05, 0.1) is 5.69 Å². The second kappa shape index (κ2) is 14.3. The van der Waals surface area contributed by atoms with Gasteiger partial charge in [-0.2, -0.15) is 0 Å². The van der Waals surface area contributed by atoms with Crippen molar-refractivity contribution in [2.75, 3.05) is 36.4 Å². The number of nitrogens with zero attached hydrogens (tertiary/aromatic N) is 2. The normalized spacial score (nSPS) is 21.6. The summed E-state index contributed by atoms with van der Waals surface area (Å²) < 4.78 is 31.5. The molecule has 10 heteroatoms. The minimum Gasteiger partial charge on any atom is -0.348 e. The summed E-state index contributed by atoms with van der Waals surface area (Å²) in [5.74, 6) is -4.27. The van der Waals surface area contributed by atoms with Crippen molar-refractivity contribution >= 4 is 47.1 Å². The Morgan fingerprint density at radius 1 is 0.776 bits per heavy atom. The predicted octanol–water partition coefficient (Wildman–Crippen LogP) is 7.31. The van der Waals surface area contributed by atoms with E-state index in [-0.39, 0.29) is 47.6 Å². The topological polar surface area (TPSA) is 81.8 Å². The van der Waals surface area contributed by atoms with E-state index >= 15 is 8.78 Å². The zero-order chi connectivity index (χ0) is 33.3. The molecule has 1 atom stereocenters. The molecule has 1 unspecified atom stereocenters. The van der Waals surface area contributed by atoms with Gasteiger partial charge in [-0.15, -0.1) is 12.4 Å². The van der Waals surface area contributed by atoms with Gasteiger partial charge in [-0.1, -0.05) is 66.7 Å². The van der Waals surface area contributed by atoms with E-state index in [4.69, 9.17) is 0 Å². The maximum absolute atomic E-state index is 15.8. The molecule has 7 nitrogen and oxygen atoms in total. The number of alkyl halides is 2. The molecule has 0 aliphatic carbocycles. The average molecular weight is 683 g/mol. The molecule has 3 saturated heterocycles. The van der Waals surface area contributed by atoms with Crippen LogP contribution in [0.2, 0.25) is 0 Å². The first-order valence-electron chi connectivity index (χ1n) is 16.4. The van der Waals surface area contributed by atoms with E-state index in [1.807, 2.05) is 42.5 Å². The highest BCUT2D eigenvalue weighted by Gasteiger charge is 2.42. The number of carbonyl (C=O) groups is 3. The standard InChI is InChI=1S/C39H36F2N4O3.ClH/c40-39(41)20-23-45(35-13-7-6-12-32(35)33(39)24-36(46)43-34-25-44-21-18-27(34)19-22-44)38(48)28-14-16-29(17-15-28)42-37(47)31-11-5-4-10-30(31)26-8-2-1-3-9-26;/h1-17,24,27,34H,18-23,25H2,(H,42,47)(H,43,46);1H/b33-24-;. The van der Waals surface area contributed by atoms with E-state index in [0.29, 0.717) is 22.9 Å². The first kappa shape index (κ1) is 34.0. The zero-order valence-corrected chi connectivity index (χ0v) is 27.6. The third kappa shape index (κ3) is 7.14. The van der Waals surface area contributed by atoms with E-state index in [1.54, 1.807) is 54.6 Å². The van der Waals surface area contributed by atoms with Crippen molar-refractivity contribution in [3.05, 3.63) is 126 Å². The molecule has 2 N–H and O–H groups in total. The van der Waals surface area contributed by atoms with Crippen LogP contribution in [0.5, 0.6) is 0 Å². The Kier molecular flexibility index (Phi) is 9.94. The summed E-state index contributed by atoms with van der Waals surface area (Å²) in [6.07, 6.45) is 2.37. The number of hydrogen-bond donors (Lipinski definition) is 2. The molecule has 0 spiro atoms. The van der Waals surface area contributed by atoms with E-state index in [1.165, 1.54) is 11.0 Å². The third-order valence-corrected chi connectivity index (χ3v) is 9.68. The fourth-order valence-corrected chi connectivity index (χ4v) is 7.12. The van der Waals surface area contributed by atoms with Crippen molar-refractivity contribution in [1.82, 2.24) is 10.2 Å². The monoisotopic (exact) mass is 682 g/mol. The molecule has 0 radical (unpaired) electrons. The smallest absolute Gasteiger partial charge is 0.275 e. The largest absolute Gasteiger partial charge is 0.348 e. The lowest BCUT2D eigenvalue weighted by Crippen LogP contribution is -2.57. The summed E-state index contributed by atoms with van der Waals surface area (Å²) in [5.41, 5.74) is 3.07. The molecule has 0 saturated carbocycles. The maximum Gasteiger partial charge on any atom is 0.275 e. The fourth-order valence-electron chi connectivity index (χ4n) is 7.12. The van der Waals surface area contributed by atoms with Crippen LogP contribution >= 0.6 is 12.4 Å². The highest BCUT2D eigenvalue weighted by molar-refractivity contribution is 6.11. The summed E-state index contributed by atoms with van der Waals surface area (Å²) >= 11 is 0. The van der Waals surface area contributed by atoms with E-state index in [2.05, 4.69) is 15.5 Å². The molecule has 49 heavy (non-hydrogen) atoms. The van der Waals surface area contributed by atoms with Crippen LogP contribution in [0.3, 0.4) is 0 Å². The summed E-state index contributed by atoms with van der Waals surface area (Å²) in [5, 5.41) is 5.89. The third-order valence-electron chi connectivity index (χ3n) is 9.68. The van der Waals surface area contributed by atoms with Crippen molar-refractivity contribution < 1.29 is 23.2 Å². The Morgan fingerprint density at radius 3 is 2.12 bits per heavy atom. The molecular weight excluding hydrogens is 646 g/mol. The molecule has 0 aromatic heterocycles. The van der Waals surface area contributed by atoms with Crippen molar-refractivity contribution in [3.63, 3.8) is 0 Å². The number of hydrogen-bond acceptors (Lipinski definition) is 4. The van der Waals surface area contributed by atoms with E-state index in [9.17, 15) is 14.4 Å². The molecule has 4 heterocycles. The van der Waals surface area contributed by atoms with Crippen LogP contribution in [0, 0.1) is 5.92 Å². The second-order valence-corrected chi connectivity index (χ2v) is 12.7. The Hall–Kier alpha value is -4.86. The molecule has 4 aromatic rings. The molecule has 4 aliphatic rings. The number of carbonyl (C=O) groups excluding carboxylic acids is 3. The number of nitrogens with one attached hydrogen (secondary N) is 2. The SMILES string of the molecule is Cl.O=C(/C=C1/c2ccccc2N(C(=O)c2ccc(NC(=O)c3ccccc3-c3ccccc3)cc2)CCC1(F)F)NC1CN2CCC1CC2. The van der Waals surface area contributed by atoms with Crippen LogP contribution in [0.4, 0.5) is 20.2 Å². The number of allylic oxidation sites excluding steroid dienone is 1. The number of halogens is 3. The van der Waals surface area contributed by atoms with Crippen LogP contribution in [0.1, 0.15) is 45.5 Å². The Labute approximate surface area is 290 Å². The lowest BCUT2D eigenvalue weighted by molar-refractivity contribution is -0.118. The fraction of sp³-hybridized carbons (Fsp3) is 0.256. The Morgan fingerprint density at radius 2 is 1.43 bits per heavy atom. The van der Waals surface area contributed by atoms with Gasteiger partial charge in [0, 0.05) is 59.6 Å². The Bertz CT molecular complexity index is 1870. The number of piperidine rings is 3. The molecule has 3 amide bonds. The van der Waals surface area contributed by atoms with Gasteiger partial charge in [-0.05, 0) is 79.4 Å². The van der Waals surface area contributed by atoms with Crippen LogP contribution in [-0.4, -0.2) is 60.8 Å². The van der Waals surface area contributed by atoms with Gasteiger partial charge in [0.15, 0.2) is 0 Å². The lowest BCUT2D eigenvalue weighted by Gasteiger charge is -2.44. The van der Waals surface area contributed by atoms with Gasteiger partial charge in [0.2, 0.25) is 5.91 Å². The van der Waals surface area contributed by atoms with Crippen LogP contribution in [0.25, 0.3) is 16.7 Å². The summed E-state index contributed by atoms with van der Waals surface area (Å²) in [7, 11) is 0. The molecular formula is C39H37ClF2N4O3. The highest BCUT2D eigenvalue weighted by Crippen LogP contribution is 2.43. The quantitative estimate of drug-likeness (QED) is 0.209. The second-order valence-electron chi connectivity index (χ2n) is 12.7. The minimum absolute atomic E-state index is 0.